The number of sulfonamides is 1. The molecule has 0 saturated carbocycles. The maximum Gasteiger partial charge on any atom is 0.246 e. The number of fused-ring (bicyclic) bond motifs is 1. The Morgan fingerprint density at radius 2 is 1.46 bits per heavy atom. The van der Waals surface area contributed by atoms with Crippen molar-refractivity contribution in [2.24, 2.45) is 0 Å². The van der Waals surface area contributed by atoms with Gasteiger partial charge >= 0.3 is 0 Å². The second kappa shape index (κ2) is 13.4. The minimum Gasteiger partial charge on any atom is -0.507 e. The molecule has 0 aromatic heterocycles. The first kappa shape index (κ1) is 31.1. The highest BCUT2D eigenvalue weighted by molar-refractivity contribution is 7.98. The van der Waals surface area contributed by atoms with Gasteiger partial charge < -0.3 is 19.5 Å². The fraction of sp³-hybridized carbons (Fsp3) is 0.438. The normalized spacial score (nSPS) is 16.2. The monoisotopic (exact) mass is 598 g/mol. The Morgan fingerprint density at radius 1 is 0.902 bits per heavy atom. The molecule has 4 rings (SSSR count). The van der Waals surface area contributed by atoms with Crippen molar-refractivity contribution in [1.82, 2.24) is 4.31 Å². The molecule has 1 aliphatic heterocycles. The first-order chi connectivity index (χ1) is 19.7. The van der Waals surface area contributed by atoms with E-state index in [9.17, 15) is 13.5 Å². The lowest BCUT2D eigenvalue weighted by molar-refractivity contribution is 0.153. The molecule has 0 fully saturated rings. The summed E-state index contributed by atoms with van der Waals surface area (Å²) < 4.78 is 42.2. The van der Waals surface area contributed by atoms with Crippen LogP contribution in [0.15, 0.2) is 70.5 Å². The first-order valence-corrected chi connectivity index (χ1v) is 16.9. The van der Waals surface area contributed by atoms with Gasteiger partial charge in [0.15, 0.2) is 0 Å². The summed E-state index contributed by atoms with van der Waals surface area (Å²) >= 11 is 1.40. The average Bonchev–Trinajstić information content (AvgIpc) is 3.06. The Morgan fingerprint density at radius 3 is 1.98 bits per heavy atom. The van der Waals surface area contributed by atoms with Crippen LogP contribution in [0.1, 0.15) is 57.9 Å². The summed E-state index contributed by atoms with van der Waals surface area (Å²) in [7, 11) is -0.784. The highest BCUT2D eigenvalue weighted by atomic mass is 32.2. The lowest BCUT2D eigenvalue weighted by Gasteiger charge is -2.44. The predicted molar refractivity (Wildman–Crippen MR) is 167 cm³/mol. The molecule has 3 aromatic carbocycles. The Labute approximate surface area is 249 Å². The van der Waals surface area contributed by atoms with Gasteiger partial charge in [0.2, 0.25) is 10.0 Å². The number of hydrogen-bond acceptors (Lipinski definition) is 7. The average molecular weight is 599 g/mol. The van der Waals surface area contributed by atoms with Crippen LogP contribution in [-0.4, -0.2) is 50.4 Å². The molecule has 1 aliphatic rings. The second-order valence-corrected chi connectivity index (χ2v) is 13.2. The Kier molecular flexibility index (Phi) is 10.2. The molecular formula is C32H42N2O5S2. The number of phenols is 1. The van der Waals surface area contributed by atoms with E-state index in [1.54, 1.807) is 18.5 Å². The maximum absolute atomic E-state index is 14.9. The van der Waals surface area contributed by atoms with Crippen LogP contribution in [0, 0.1) is 0 Å². The molecule has 9 heteroatoms. The minimum absolute atomic E-state index is 0.0338. The van der Waals surface area contributed by atoms with Gasteiger partial charge in [0.25, 0.3) is 0 Å². The molecule has 0 amide bonds. The van der Waals surface area contributed by atoms with E-state index in [4.69, 9.17) is 9.47 Å². The third kappa shape index (κ3) is 6.47. The summed E-state index contributed by atoms with van der Waals surface area (Å²) in [6.07, 6.45) is 7.03. The first-order valence-electron chi connectivity index (χ1n) is 14.2. The van der Waals surface area contributed by atoms with Crippen molar-refractivity contribution in [3.8, 4) is 17.2 Å². The molecule has 0 aliphatic carbocycles. The van der Waals surface area contributed by atoms with Crippen molar-refractivity contribution in [2.75, 3.05) is 31.9 Å². The van der Waals surface area contributed by atoms with Gasteiger partial charge in [0.1, 0.15) is 22.1 Å². The Hall–Kier alpha value is -2.88. The van der Waals surface area contributed by atoms with E-state index >= 15 is 0 Å². The molecule has 3 aromatic rings. The molecule has 222 valence electrons. The number of anilines is 2. The molecule has 7 nitrogen and oxygen atoms in total. The summed E-state index contributed by atoms with van der Waals surface area (Å²) in [6, 6.07) is 18.6. The van der Waals surface area contributed by atoms with Gasteiger partial charge in [-0.1, -0.05) is 51.7 Å². The van der Waals surface area contributed by atoms with Crippen LogP contribution in [0.2, 0.25) is 0 Å². The smallest absolute Gasteiger partial charge is 0.246 e. The molecule has 1 N–H and O–H groups in total. The van der Waals surface area contributed by atoms with Crippen LogP contribution >= 0.6 is 11.8 Å². The third-order valence-corrected chi connectivity index (χ3v) is 10.7. The summed E-state index contributed by atoms with van der Waals surface area (Å²) in [4.78, 5) is 2.88. The van der Waals surface area contributed by atoms with Crippen molar-refractivity contribution < 1.29 is 23.0 Å². The zero-order valence-corrected chi connectivity index (χ0v) is 26.4. The lowest BCUT2D eigenvalue weighted by Crippen LogP contribution is -2.55. The number of hydrogen-bond donors (Lipinski definition) is 1. The number of methoxy groups -OCH3 is 2. The number of phenolic OH excluding ortho intramolecular Hbond substituents is 1. The molecule has 0 saturated heterocycles. The van der Waals surface area contributed by atoms with Gasteiger partial charge in [0, 0.05) is 24.8 Å². The molecule has 0 atom stereocenters. The van der Waals surface area contributed by atoms with Crippen molar-refractivity contribution in [1.29, 1.82) is 0 Å². The molecule has 41 heavy (non-hydrogen) atoms. The number of rotatable bonds is 12. The molecule has 0 unspecified atom stereocenters. The van der Waals surface area contributed by atoms with Crippen molar-refractivity contribution in [3.63, 3.8) is 0 Å². The molecule has 1 heterocycles. The van der Waals surface area contributed by atoms with Crippen molar-refractivity contribution in [2.45, 2.75) is 74.2 Å². The molecule has 0 spiro atoms. The maximum atomic E-state index is 14.9. The fourth-order valence-corrected chi connectivity index (χ4v) is 8.14. The van der Waals surface area contributed by atoms with Crippen LogP contribution in [0.5, 0.6) is 17.2 Å². The quantitative estimate of drug-likeness (QED) is 0.215. The lowest BCUT2D eigenvalue weighted by atomic mass is 9.85. The number of ether oxygens (including phenoxy) is 2. The molecule has 0 bridgehead atoms. The summed E-state index contributed by atoms with van der Waals surface area (Å²) in [5.41, 5.74) is 1.66. The summed E-state index contributed by atoms with van der Waals surface area (Å²) in [5, 5.41) is 10.9. The zero-order chi connectivity index (χ0) is 29.6. The van der Waals surface area contributed by atoms with Gasteiger partial charge in [-0.15, -0.1) is 11.8 Å². The summed E-state index contributed by atoms with van der Waals surface area (Å²) in [5.74, 6) is 1.42. The Balaban J connectivity index is 1.99. The molecular weight excluding hydrogens is 556 g/mol. The number of benzene rings is 3. The number of aromatic hydroxyl groups is 1. The second-order valence-electron chi connectivity index (χ2n) is 10.6. The van der Waals surface area contributed by atoms with Crippen molar-refractivity contribution in [3.05, 3.63) is 66.2 Å². The van der Waals surface area contributed by atoms with Crippen LogP contribution in [0.4, 0.5) is 11.4 Å². The van der Waals surface area contributed by atoms with Crippen molar-refractivity contribution >= 4 is 33.2 Å². The van der Waals surface area contributed by atoms with Gasteiger partial charge in [-0.3, -0.25) is 0 Å². The summed E-state index contributed by atoms with van der Waals surface area (Å²) in [6.45, 7) is 5.00. The SMILES string of the molecule is CCCCC1(CCCC)CN(c2ccc(OC)cc2)c2cc(SC)c(O)cc2S(=O)(=O)N1Cc1ccc(OC)cc1. The van der Waals surface area contributed by atoms with Gasteiger partial charge in [-0.25, -0.2) is 8.42 Å². The predicted octanol–water partition coefficient (Wildman–Crippen LogP) is 7.59. The molecule has 0 radical (unpaired) electrons. The van der Waals surface area contributed by atoms with Gasteiger partial charge in [0.05, 0.1) is 30.3 Å². The van der Waals surface area contributed by atoms with Crippen LogP contribution in [-0.2, 0) is 16.6 Å². The zero-order valence-electron chi connectivity index (χ0n) is 24.7. The van der Waals surface area contributed by atoms with E-state index in [2.05, 4.69) is 18.7 Å². The number of thioether (sulfide) groups is 1. The number of nitrogens with zero attached hydrogens (tertiary/aromatic N) is 2. The highest BCUT2D eigenvalue weighted by Crippen LogP contribution is 2.48. The van der Waals surface area contributed by atoms with E-state index in [1.807, 2.05) is 60.9 Å². The standard InChI is InChI=1S/C32H42N2O5S2/c1-6-8-18-32(19-9-7-2)23-33(25-12-16-27(39-4)17-13-25)28-20-30(40-5)29(35)21-31(28)41(36,37)34(32)22-24-10-14-26(38-3)15-11-24/h10-17,20-21,35H,6-9,18-19,22-23H2,1-5H3. The Bertz CT molecular complexity index is 1400. The largest absolute Gasteiger partial charge is 0.507 e. The van der Waals surface area contributed by atoms with E-state index in [0.29, 0.717) is 17.1 Å². The number of unbranched alkanes of at least 4 members (excludes halogenated alkanes) is 2. The van der Waals surface area contributed by atoms with Crippen LogP contribution in [0.25, 0.3) is 0 Å². The fourth-order valence-electron chi connectivity index (χ4n) is 5.64. The topological polar surface area (TPSA) is 79.3 Å². The van der Waals surface area contributed by atoms with Gasteiger partial charge in [-0.05, 0) is 67.1 Å². The minimum atomic E-state index is -4.04. The van der Waals surface area contributed by atoms with E-state index in [-0.39, 0.29) is 17.2 Å². The van der Waals surface area contributed by atoms with E-state index < -0.39 is 15.6 Å². The van der Waals surface area contributed by atoms with Crippen LogP contribution < -0.4 is 14.4 Å². The van der Waals surface area contributed by atoms with Gasteiger partial charge in [-0.2, -0.15) is 4.31 Å². The highest BCUT2D eigenvalue weighted by Gasteiger charge is 2.48. The van der Waals surface area contributed by atoms with E-state index in [1.165, 1.54) is 17.8 Å². The van der Waals surface area contributed by atoms with E-state index in [0.717, 1.165) is 61.3 Å². The van der Waals surface area contributed by atoms with Crippen LogP contribution in [0.3, 0.4) is 0 Å². The third-order valence-electron chi connectivity index (χ3n) is 7.96.